The van der Waals surface area contributed by atoms with Crippen LogP contribution in [0.4, 0.5) is 5.69 Å². The molecule has 1 spiro atoms. The maximum atomic E-state index is 2.67. The van der Waals surface area contributed by atoms with Gasteiger partial charge in [0, 0.05) is 11.7 Å². The van der Waals surface area contributed by atoms with Crippen molar-refractivity contribution in [3.8, 4) is 0 Å². The summed E-state index contributed by atoms with van der Waals surface area (Å²) >= 11 is 0. The lowest BCUT2D eigenvalue weighted by Crippen LogP contribution is -2.49. The molecule has 1 heteroatoms. The largest absolute Gasteiger partial charge is 0.356 e. The van der Waals surface area contributed by atoms with Gasteiger partial charge in [0.1, 0.15) is 0 Å². The lowest BCUT2D eigenvalue weighted by molar-refractivity contribution is 0.339. The molecular weight excluding hydrogens is 218 g/mol. The van der Waals surface area contributed by atoms with Crippen LogP contribution in [0.5, 0.6) is 0 Å². The van der Waals surface area contributed by atoms with Gasteiger partial charge in [-0.05, 0) is 38.3 Å². The number of nitrogens with zero attached hydrogens (tertiary/aromatic N) is 1. The van der Waals surface area contributed by atoms with Crippen molar-refractivity contribution >= 4 is 5.69 Å². The Kier molecular flexibility index (Phi) is 2.93. The highest BCUT2D eigenvalue weighted by atomic mass is 15.2. The Morgan fingerprint density at radius 1 is 1.11 bits per heavy atom. The van der Waals surface area contributed by atoms with Crippen molar-refractivity contribution in [3.63, 3.8) is 0 Å². The zero-order chi connectivity index (χ0) is 12.6. The van der Waals surface area contributed by atoms with E-state index in [4.69, 9.17) is 0 Å². The van der Waals surface area contributed by atoms with Crippen LogP contribution in [0.15, 0.2) is 36.4 Å². The number of hydrogen-bond acceptors (Lipinski definition) is 1. The molecule has 1 aromatic rings. The molecule has 1 fully saturated rings. The highest BCUT2D eigenvalue weighted by molar-refractivity contribution is 5.60. The van der Waals surface area contributed by atoms with Crippen LogP contribution in [-0.2, 0) is 0 Å². The lowest BCUT2D eigenvalue weighted by Gasteiger charge is -2.45. The summed E-state index contributed by atoms with van der Waals surface area (Å²) in [5, 5.41) is 0. The van der Waals surface area contributed by atoms with E-state index < -0.39 is 0 Å². The smallest absolute Gasteiger partial charge is 0.0591 e. The minimum atomic E-state index is 0.309. The molecule has 0 amide bonds. The fourth-order valence-electron chi connectivity index (χ4n) is 3.75. The molecule has 0 saturated heterocycles. The molecule has 1 aliphatic heterocycles. The number of para-hydroxylation sites is 1. The van der Waals surface area contributed by atoms with Crippen LogP contribution in [0.1, 0.15) is 44.6 Å². The van der Waals surface area contributed by atoms with E-state index in [1.165, 1.54) is 43.4 Å². The van der Waals surface area contributed by atoms with Gasteiger partial charge in [-0.25, -0.2) is 0 Å². The topological polar surface area (TPSA) is 3.24 Å². The van der Waals surface area contributed by atoms with Crippen molar-refractivity contribution in [2.75, 3.05) is 4.90 Å². The van der Waals surface area contributed by atoms with Gasteiger partial charge >= 0.3 is 0 Å². The van der Waals surface area contributed by atoms with E-state index in [1.54, 1.807) is 0 Å². The quantitative estimate of drug-likeness (QED) is 0.656. The van der Waals surface area contributed by atoms with Gasteiger partial charge in [0.25, 0.3) is 0 Å². The molecule has 1 atom stereocenters. The molecule has 1 aromatic carbocycles. The Bertz CT molecular complexity index is 454. The van der Waals surface area contributed by atoms with Crippen LogP contribution in [0.2, 0.25) is 0 Å². The van der Waals surface area contributed by atoms with Crippen LogP contribution in [0.3, 0.4) is 0 Å². The van der Waals surface area contributed by atoms with Crippen LogP contribution in [-0.4, -0.2) is 11.6 Å². The molecule has 0 N–H and O–H groups in total. The van der Waals surface area contributed by atoms with E-state index in [1.807, 2.05) is 0 Å². The van der Waals surface area contributed by atoms with E-state index in [2.05, 4.69) is 55.2 Å². The van der Waals surface area contributed by atoms with Crippen molar-refractivity contribution in [2.24, 2.45) is 0 Å². The summed E-state index contributed by atoms with van der Waals surface area (Å²) in [4.78, 5) is 2.67. The number of anilines is 1. The Hall–Kier alpha value is -1.24. The molecule has 1 saturated carbocycles. The van der Waals surface area contributed by atoms with E-state index >= 15 is 0 Å². The molecule has 1 aliphatic carbocycles. The molecular formula is C17H23N. The average molecular weight is 241 g/mol. The Labute approximate surface area is 111 Å². The van der Waals surface area contributed by atoms with Gasteiger partial charge in [-0.1, -0.05) is 49.6 Å². The number of aryl methyl sites for hydroxylation is 1. The normalized spacial score (nSPS) is 25.9. The van der Waals surface area contributed by atoms with Crippen molar-refractivity contribution in [2.45, 2.75) is 57.5 Å². The highest BCUT2D eigenvalue weighted by Crippen LogP contribution is 2.43. The Morgan fingerprint density at radius 3 is 2.56 bits per heavy atom. The maximum Gasteiger partial charge on any atom is 0.0591 e. The minimum absolute atomic E-state index is 0.309. The fraction of sp³-hybridized carbons (Fsp3) is 0.529. The molecule has 2 aliphatic rings. The van der Waals surface area contributed by atoms with Crippen molar-refractivity contribution < 1.29 is 0 Å². The number of hydrogen-bond donors (Lipinski definition) is 0. The summed E-state index contributed by atoms with van der Waals surface area (Å²) in [6, 6.07) is 9.36. The summed E-state index contributed by atoms with van der Waals surface area (Å²) in [6.07, 6.45) is 11.7. The lowest BCUT2D eigenvalue weighted by atomic mass is 9.81. The third-order valence-electron chi connectivity index (χ3n) is 4.67. The second-order valence-corrected chi connectivity index (χ2v) is 5.92. The molecule has 1 unspecified atom stereocenters. The maximum absolute atomic E-state index is 2.67. The monoisotopic (exact) mass is 241 g/mol. The third kappa shape index (κ3) is 1.77. The molecule has 0 bridgehead atoms. The summed E-state index contributed by atoms with van der Waals surface area (Å²) < 4.78 is 0. The van der Waals surface area contributed by atoms with Crippen molar-refractivity contribution in [3.05, 3.63) is 42.0 Å². The van der Waals surface area contributed by atoms with Crippen molar-refractivity contribution in [1.29, 1.82) is 0 Å². The van der Waals surface area contributed by atoms with Gasteiger partial charge in [-0.2, -0.15) is 0 Å². The molecule has 1 heterocycles. The number of rotatable bonds is 1. The van der Waals surface area contributed by atoms with E-state index in [-0.39, 0.29) is 0 Å². The Morgan fingerprint density at radius 2 is 1.83 bits per heavy atom. The first-order valence-electron chi connectivity index (χ1n) is 7.27. The zero-order valence-electron chi connectivity index (χ0n) is 11.5. The molecule has 3 rings (SSSR count). The summed E-state index contributed by atoms with van der Waals surface area (Å²) in [5.41, 5.74) is 3.14. The van der Waals surface area contributed by atoms with Gasteiger partial charge in [-0.15, -0.1) is 0 Å². The van der Waals surface area contributed by atoms with Gasteiger partial charge in [0.2, 0.25) is 0 Å². The molecule has 0 aromatic heterocycles. The summed E-state index contributed by atoms with van der Waals surface area (Å²) in [5.74, 6) is 0. The molecule has 18 heavy (non-hydrogen) atoms. The molecule has 1 nitrogen and oxygen atoms in total. The highest BCUT2D eigenvalue weighted by Gasteiger charge is 2.41. The first kappa shape index (κ1) is 11.8. The van der Waals surface area contributed by atoms with Crippen LogP contribution >= 0.6 is 0 Å². The Balaban J connectivity index is 2.01. The second kappa shape index (κ2) is 4.46. The van der Waals surface area contributed by atoms with Gasteiger partial charge in [-0.3, -0.25) is 0 Å². The first-order valence-corrected chi connectivity index (χ1v) is 7.27. The fourth-order valence-corrected chi connectivity index (χ4v) is 3.75. The van der Waals surface area contributed by atoms with E-state index in [9.17, 15) is 0 Å². The first-order chi connectivity index (χ1) is 8.73. The van der Waals surface area contributed by atoms with Crippen LogP contribution in [0, 0.1) is 6.92 Å². The van der Waals surface area contributed by atoms with Gasteiger partial charge < -0.3 is 4.90 Å². The van der Waals surface area contributed by atoms with Gasteiger partial charge in [0.05, 0.1) is 5.54 Å². The average Bonchev–Trinajstić information content (AvgIpc) is 2.69. The van der Waals surface area contributed by atoms with Crippen LogP contribution < -0.4 is 4.90 Å². The molecule has 0 radical (unpaired) electrons. The molecule has 96 valence electrons. The standard InChI is InChI=1S/C17H23N/c1-14-8-4-5-9-16(14)18-15(2)10-13-17(18)11-6-3-7-12-17/h4-5,8-10,13,15H,3,6-7,11-12H2,1-2H3. The SMILES string of the molecule is Cc1ccccc1N1C(C)C=CC12CCCCC2. The van der Waals surface area contributed by atoms with Gasteiger partial charge in [0.15, 0.2) is 0 Å². The van der Waals surface area contributed by atoms with Crippen molar-refractivity contribution in [1.82, 2.24) is 0 Å². The predicted octanol–water partition coefficient (Wildman–Crippen LogP) is 4.46. The van der Waals surface area contributed by atoms with Crippen LogP contribution in [0.25, 0.3) is 0 Å². The summed E-state index contributed by atoms with van der Waals surface area (Å²) in [6.45, 7) is 4.56. The summed E-state index contributed by atoms with van der Waals surface area (Å²) in [7, 11) is 0. The second-order valence-electron chi connectivity index (χ2n) is 5.92. The third-order valence-corrected chi connectivity index (χ3v) is 4.67. The predicted molar refractivity (Wildman–Crippen MR) is 78.1 cm³/mol. The minimum Gasteiger partial charge on any atom is -0.356 e. The van der Waals surface area contributed by atoms with E-state index in [0.29, 0.717) is 11.6 Å². The van der Waals surface area contributed by atoms with E-state index in [0.717, 1.165) is 0 Å². The number of benzene rings is 1. The zero-order valence-corrected chi connectivity index (χ0v) is 11.5.